The Bertz CT molecular complexity index is 1590. The average molecular weight is 520 g/mol. The normalized spacial score (nSPS) is 11.1. The van der Waals surface area contributed by atoms with Gasteiger partial charge in [0.05, 0.1) is 12.7 Å². The third kappa shape index (κ3) is 4.94. The largest absolute Gasteiger partial charge is 0.422 e. The van der Waals surface area contributed by atoms with Gasteiger partial charge in [-0.15, -0.1) is 0 Å². The van der Waals surface area contributed by atoms with Crippen molar-refractivity contribution < 1.29 is 9.21 Å². The molecule has 0 bridgehead atoms. The lowest BCUT2D eigenvalue weighted by Crippen LogP contribution is -2.38. The maximum absolute atomic E-state index is 13.1. The summed E-state index contributed by atoms with van der Waals surface area (Å²) in [5, 5.41) is 10.7. The Labute approximate surface area is 219 Å². The summed E-state index contributed by atoms with van der Waals surface area (Å²) in [6.45, 7) is 0.360. The van der Waals surface area contributed by atoms with E-state index in [1.165, 1.54) is 28.0 Å². The van der Waals surface area contributed by atoms with E-state index in [-0.39, 0.29) is 11.1 Å². The van der Waals surface area contributed by atoms with Crippen molar-refractivity contribution in [3.8, 4) is 0 Å². The highest BCUT2D eigenvalue weighted by atomic mass is 31.2. The Hall–Kier alpha value is -4.70. The highest BCUT2D eigenvalue weighted by molar-refractivity contribution is 7.95. The van der Waals surface area contributed by atoms with Crippen molar-refractivity contribution >= 4 is 45.7 Å². The zero-order valence-electron chi connectivity index (χ0n) is 20.4. The standard InChI is InChI=1S/C30H23N4O3P/c31-34-33-23-17-16-22-20-27(30(36)37-28(22)21-23)29(35)32-18-19-38(24-10-4-1-5-11-24,25-12-6-2-7-13-25)26-14-8-3-9-15-26/h1-17,20-21H,18-19H2/p+1. The van der Waals surface area contributed by atoms with Crippen molar-refractivity contribution in [1.29, 1.82) is 0 Å². The minimum Gasteiger partial charge on any atom is -0.422 e. The lowest BCUT2D eigenvalue weighted by molar-refractivity contribution is 0.0952. The van der Waals surface area contributed by atoms with E-state index in [0.29, 0.717) is 23.8 Å². The van der Waals surface area contributed by atoms with E-state index in [4.69, 9.17) is 9.95 Å². The molecule has 0 saturated heterocycles. The number of benzene rings is 4. The summed E-state index contributed by atoms with van der Waals surface area (Å²) in [6.07, 6.45) is 0.672. The molecule has 186 valence electrons. The number of nitrogens with zero attached hydrogens (tertiary/aromatic N) is 3. The van der Waals surface area contributed by atoms with Gasteiger partial charge in [0.25, 0.3) is 5.91 Å². The first-order chi connectivity index (χ1) is 18.6. The van der Waals surface area contributed by atoms with Crippen LogP contribution in [-0.4, -0.2) is 18.6 Å². The minimum absolute atomic E-state index is 0.0721. The number of azide groups is 1. The Morgan fingerprint density at radius 1 is 0.816 bits per heavy atom. The van der Waals surface area contributed by atoms with Crippen LogP contribution in [-0.2, 0) is 0 Å². The van der Waals surface area contributed by atoms with Crippen molar-refractivity contribution in [3.63, 3.8) is 0 Å². The van der Waals surface area contributed by atoms with Crippen LogP contribution < -0.4 is 26.9 Å². The van der Waals surface area contributed by atoms with Gasteiger partial charge in [-0.2, -0.15) is 0 Å². The first kappa shape index (κ1) is 25.0. The lowest BCUT2D eigenvalue weighted by Gasteiger charge is -2.27. The number of hydrogen-bond acceptors (Lipinski definition) is 4. The number of fused-ring (bicyclic) bond motifs is 1. The molecule has 5 rings (SSSR count). The first-order valence-electron chi connectivity index (χ1n) is 12.1. The van der Waals surface area contributed by atoms with Crippen molar-refractivity contribution in [2.75, 3.05) is 12.7 Å². The lowest BCUT2D eigenvalue weighted by atomic mass is 10.1. The fourth-order valence-electron chi connectivity index (χ4n) is 4.69. The summed E-state index contributed by atoms with van der Waals surface area (Å²) in [5.41, 5.74) is 8.39. The Morgan fingerprint density at radius 3 is 1.89 bits per heavy atom. The molecule has 1 amide bonds. The SMILES string of the molecule is [N-]=[N+]=Nc1ccc2cc(C(=O)NCC[P+](c3ccccc3)(c3ccccc3)c3ccccc3)c(=O)oc2c1. The first-order valence-corrected chi connectivity index (χ1v) is 14.1. The Balaban J connectivity index is 1.47. The maximum Gasteiger partial charge on any atom is 0.349 e. The van der Waals surface area contributed by atoms with Gasteiger partial charge in [0.1, 0.15) is 34.3 Å². The molecule has 0 saturated carbocycles. The molecule has 0 aliphatic carbocycles. The quantitative estimate of drug-likeness (QED) is 0.0967. The van der Waals surface area contributed by atoms with Gasteiger partial charge in [-0.25, -0.2) is 4.79 Å². The van der Waals surface area contributed by atoms with Crippen LogP contribution in [0.4, 0.5) is 5.69 Å². The number of carbonyl (C=O) groups is 1. The molecule has 5 aromatic rings. The molecular weight excluding hydrogens is 495 g/mol. The smallest absolute Gasteiger partial charge is 0.349 e. The molecular formula is C30H24N4O3P+. The van der Waals surface area contributed by atoms with Gasteiger partial charge in [0.15, 0.2) is 0 Å². The second-order valence-electron chi connectivity index (χ2n) is 8.66. The van der Waals surface area contributed by atoms with E-state index >= 15 is 0 Å². The molecule has 1 aromatic heterocycles. The van der Waals surface area contributed by atoms with E-state index < -0.39 is 18.8 Å². The summed E-state index contributed by atoms with van der Waals surface area (Å²) in [5.74, 6) is -0.493. The highest BCUT2D eigenvalue weighted by Gasteiger charge is 2.44. The Kier molecular flexibility index (Phi) is 7.32. The molecule has 1 N–H and O–H groups in total. The number of nitrogens with one attached hydrogen (secondary N) is 1. The van der Waals surface area contributed by atoms with E-state index in [1.54, 1.807) is 12.1 Å². The van der Waals surface area contributed by atoms with Crippen molar-refractivity contribution in [2.24, 2.45) is 5.11 Å². The monoisotopic (exact) mass is 519 g/mol. The predicted octanol–water partition coefficient (Wildman–Crippen LogP) is 5.46. The van der Waals surface area contributed by atoms with Crippen molar-refractivity contribution in [2.45, 2.75) is 0 Å². The molecule has 0 radical (unpaired) electrons. The summed E-state index contributed by atoms with van der Waals surface area (Å²) in [7, 11) is -2.12. The molecule has 0 spiro atoms. The highest BCUT2D eigenvalue weighted by Crippen LogP contribution is 2.54. The van der Waals surface area contributed by atoms with Gasteiger partial charge < -0.3 is 9.73 Å². The number of carbonyl (C=O) groups excluding carboxylic acids is 1. The topological polar surface area (TPSA) is 108 Å². The summed E-state index contributed by atoms with van der Waals surface area (Å²) in [6, 6.07) is 37.4. The predicted molar refractivity (Wildman–Crippen MR) is 154 cm³/mol. The molecule has 0 fully saturated rings. The van der Waals surface area contributed by atoms with E-state index in [0.717, 1.165) is 0 Å². The molecule has 0 unspecified atom stereocenters. The zero-order valence-corrected chi connectivity index (χ0v) is 21.3. The summed E-state index contributed by atoms with van der Waals surface area (Å²) < 4.78 is 5.36. The average Bonchev–Trinajstić information content (AvgIpc) is 2.96. The van der Waals surface area contributed by atoms with Crippen LogP contribution in [0.1, 0.15) is 10.4 Å². The third-order valence-corrected chi connectivity index (χ3v) is 10.9. The molecule has 38 heavy (non-hydrogen) atoms. The Morgan fingerprint density at radius 2 is 1.37 bits per heavy atom. The zero-order chi connectivity index (χ0) is 26.4. The molecule has 0 aliphatic rings. The van der Waals surface area contributed by atoms with Crippen LogP contribution in [0.2, 0.25) is 0 Å². The van der Waals surface area contributed by atoms with Gasteiger partial charge in [0.2, 0.25) is 0 Å². The second kappa shape index (κ2) is 11.1. The van der Waals surface area contributed by atoms with Crippen molar-refractivity contribution in [3.05, 3.63) is 142 Å². The summed E-state index contributed by atoms with van der Waals surface area (Å²) >= 11 is 0. The fourth-order valence-corrected chi connectivity index (χ4v) is 8.85. The van der Waals surface area contributed by atoms with Crippen molar-refractivity contribution in [1.82, 2.24) is 5.32 Å². The van der Waals surface area contributed by atoms with Gasteiger partial charge in [0, 0.05) is 16.0 Å². The molecule has 8 heteroatoms. The molecule has 0 atom stereocenters. The van der Waals surface area contributed by atoms with E-state index in [9.17, 15) is 9.59 Å². The second-order valence-corrected chi connectivity index (χ2v) is 12.3. The molecule has 1 heterocycles. The van der Waals surface area contributed by atoms with E-state index in [1.807, 2.05) is 54.6 Å². The van der Waals surface area contributed by atoms with Crippen LogP contribution >= 0.6 is 7.26 Å². The van der Waals surface area contributed by atoms with Crippen LogP contribution in [0.3, 0.4) is 0 Å². The van der Waals surface area contributed by atoms with Crippen LogP contribution in [0, 0.1) is 0 Å². The van der Waals surface area contributed by atoms with Crippen LogP contribution in [0.5, 0.6) is 0 Å². The molecule has 0 aliphatic heterocycles. The van der Waals surface area contributed by atoms with Gasteiger partial charge in [-0.1, -0.05) is 71.8 Å². The number of rotatable bonds is 8. The van der Waals surface area contributed by atoms with Gasteiger partial charge in [-0.05, 0) is 54.1 Å². The summed E-state index contributed by atoms with van der Waals surface area (Å²) in [4.78, 5) is 28.5. The number of amides is 1. The van der Waals surface area contributed by atoms with Gasteiger partial charge >= 0.3 is 5.63 Å². The maximum atomic E-state index is 13.1. The fraction of sp³-hybridized carbons (Fsp3) is 0.0667. The third-order valence-electron chi connectivity index (χ3n) is 6.45. The van der Waals surface area contributed by atoms with Crippen LogP contribution in [0.25, 0.3) is 21.4 Å². The number of hydrogen-bond donors (Lipinski definition) is 1. The van der Waals surface area contributed by atoms with E-state index in [2.05, 4.69) is 51.7 Å². The van der Waals surface area contributed by atoms with Crippen LogP contribution in [0.15, 0.2) is 130 Å². The molecule has 4 aromatic carbocycles. The molecule has 7 nitrogen and oxygen atoms in total. The minimum atomic E-state index is -2.12. The van der Waals surface area contributed by atoms with Gasteiger partial charge in [-0.3, -0.25) is 4.79 Å².